The molecule has 1 aliphatic heterocycles. The maximum atomic E-state index is 10.8. The largest absolute Gasteiger partial charge is 0.486 e. The molecule has 0 aliphatic carbocycles. The highest BCUT2D eigenvalue weighted by molar-refractivity contribution is 6.30. The number of benzene rings is 1. The van der Waals surface area contributed by atoms with Gasteiger partial charge in [0.25, 0.3) is 0 Å². The first-order valence-electron chi connectivity index (χ1n) is 5.32. The standard InChI is InChI=1S/C11H12ClNO5/c12-8-1-2-9(13(15)16)10(3-8)18-7-11(4-14)5-17-6-11/h1-3,14H,4-7H2. The van der Waals surface area contributed by atoms with Crippen LogP contribution in [0.2, 0.25) is 5.02 Å². The highest BCUT2D eigenvalue weighted by atomic mass is 35.5. The van der Waals surface area contributed by atoms with Crippen LogP contribution in [0.4, 0.5) is 5.69 Å². The van der Waals surface area contributed by atoms with E-state index in [-0.39, 0.29) is 24.7 Å². The van der Waals surface area contributed by atoms with Crippen molar-refractivity contribution in [3.8, 4) is 5.75 Å². The monoisotopic (exact) mass is 273 g/mol. The van der Waals surface area contributed by atoms with Gasteiger partial charge in [0.2, 0.25) is 0 Å². The predicted octanol–water partition coefficient (Wildman–Crippen LogP) is 1.64. The van der Waals surface area contributed by atoms with E-state index >= 15 is 0 Å². The van der Waals surface area contributed by atoms with E-state index in [1.807, 2.05) is 0 Å². The van der Waals surface area contributed by atoms with Crippen molar-refractivity contribution in [2.75, 3.05) is 26.4 Å². The molecular weight excluding hydrogens is 262 g/mol. The fourth-order valence-corrected chi connectivity index (χ4v) is 1.76. The normalized spacial score (nSPS) is 17.0. The minimum atomic E-state index is -0.533. The molecule has 0 spiro atoms. The molecule has 0 unspecified atom stereocenters. The van der Waals surface area contributed by atoms with Gasteiger partial charge < -0.3 is 14.6 Å². The van der Waals surface area contributed by atoms with Gasteiger partial charge in [0.1, 0.15) is 6.61 Å². The van der Waals surface area contributed by atoms with Gasteiger partial charge in [-0.1, -0.05) is 11.6 Å². The van der Waals surface area contributed by atoms with Gasteiger partial charge in [-0.05, 0) is 6.07 Å². The lowest BCUT2D eigenvalue weighted by atomic mass is 9.88. The summed E-state index contributed by atoms with van der Waals surface area (Å²) in [5.41, 5.74) is -0.608. The van der Waals surface area contributed by atoms with Crippen LogP contribution < -0.4 is 4.74 Å². The number of ether oxygens (including phenoxy) is 2. The Morgan fingerprint density at radius 2 is 2.28 bits per heavy atom. The van der Waals surface area contributed by atoms with E-state index in [2.05, 4.69) is 0 Å². The molecular formula is C11H12ClNO5. The molecule has 0 bridgehead atoms. The number of hydrogen-bond acceptors (Lipinski definition) is 5. The Balaban J connectivity index is 2.12. The van der Waals surface area contributed by atoms with Crippen molar-refractivity contribution >= 4 is 17.3 Å². The molecule has 6 nitrogen and oxygen atoms in total. The van der Waals surface area contributed by atoms with Crippen molar-refractivity contribution in [1.29, 1.82) is 0 Å². The maximum Gasteiger partial charge on any atom is 0.311 e. The molecule has 1 fully saturated rings. The third-order valence-electron chi connectivity index (χ3n) is 2.80. The molecule has 1 saturated heterocycles. The van der Waals surface area contributed by atoms with Crippen LogP contribution in [-0.4, -0.2) is 36.5 Å². The van der Waals surface area contributed by atoms with Crippen molar-refractivity contribution in [2.24, 2.45) is 5.41 Å². The van der Waals surface area contributed by atoms with E-state index in [0.29, 0.717) is 18.2 Å². The van der Waals surface area contributed by atoms with E-state index in [4.69, 9.17) is 21.1 Å². The molecule has 1 N–H and O–H groups in total. The Kier molecular flexibility index (Phi) is 3.70. The first kappa shape index (κ1) is 13.1. The van der Waals surface area contributed by atoms with E-state index < -0.39 is 10.3 Å². The van der Waals surface area contributed by atoms with Crippen LogP contribution in [0.25, 0.3) is 0 Å². The lowest BCUT2D eigenvalue weighted by molar-refractivity contribution is -0.386. The van der Waals surface area contributed by atoms with Crippen LogP contribution in [0.3, 0.4) is 0 Å². The Labute approximate surface area is 108 Å². The second-order valence-corrected chi connectivity index (χ2v) is 4.75. The summed E-state index contributed by atoms with van der Waals surface area (Å²) in [6.45, 7) is 0.849. The first-order chi connectivity index (χ1) is 8.56. The Morgan fingerprint density at radius 3 is 2.78 bits per heavy atom. The Bertz CT molecular complexity index is 455. The molecule has 7 heteroatoms. The average molecular weight is 274 g/mol. The van der Waals surface area contributed by atoms with Crippen molar-refractivity contribution in [3.63, 3.8) is 0 Å². The quantitative estimate of drug-likeness (QED) is 0.651. The number of nitro groups is 1. The number of hydrogen-bond donors (Lipinski definition) is 1. The van der Waals surface area contributed by atoms with Gasteiger partial charge in [-0.2, -0.15) is 0 Å². The zero-order valence-corrected chi connectivity index (χ0v) is 10.2. The summed E-state index contributed by atoms with van der Waals surface area (Å²) in [6.07, 6.45) is 0. The topological polar surface area (TPSA) is 81.8 Å². The van der Waals surface area contributed by atoms with Crippen LogP contribution in [-0.2, 0) is 4.74 Å². The summed E-state index contributed by atoms with van der Waals surface area (Å²) in [5, 5.41) is 20.4. The van der Waals surface area contributed by atoms with Gasteiger partial charge in [-0.15, -0.1) is 0 Å². The molecule has 18 heavy (non-hydrogen) atoms. The van der Waals surface area contributed by atoms with Crippen LogP contribution in [0.5, 0.6) is 5.75 Å². The lowest BCUT2D eigenvalue weighted by Gasteiger charge is -2.39. The molecule has 1 aliphatic rings. The van der Waals surface area contributed by atoms with E-state index in [9.17, 15) is 15.2 Å². The summed E-state index contributed by atoms with van der Waals surface area (Å²) >= 11 is 5.78. The Morgan fingerprint density at radius 1 is 1.56 bits per heavy atom. The van der Waals surface area contributed by atoms with Crippen LogP contribution >= 0.6 is 11.6 Å². The zero-order valence-electron chi connectivity index (χ0n) is 9.47. The molecule has 1 heterocycles. The number of nitro benzene ring substituents is 1. The van der Waals surface area contributed by atoms with Gasteiger partial charge in [0, 0.05) is 17.2 Å². The average Bonchev–Trinajstić information content (AvgIpc) is 2.28. The molecule has 0 aromatic heterocycles. The second kappa shape index (κ2) is 5.09. The second-order valence-electron chi connectivity index (χ2n) is 4.31. The van der Waals surface area contributed by atoms with E-state index in [0.717, 1.165) is 0 Å². The van der Waals surface area contributed by atoms with Crippen LogP contribution in [0.15, 0.2) is 18.2 Å². The van der Waals surface area contributed by atoms with Gasteiger partial charge in [-0.25, -0.2) is 0 Å². The van der Waals surface area contributed by atoms with Crippen molar-refractivity contribution < 1.29 is 19.5 Å². The van der Waals surface area contributed by atoms with Gasteiger partial charge in [0.15, 0.2) is 5.75 Å². The molecule has 98 valence electrons. The molecule has 0 amide bonds. The SMILES string of the molecule is O=[N+]([O-])c1ccc(Cl)cc1OCC1(CO)COC1. The van der Waals surface area contributed by atoms with E-state index in [1.54, 1.807) is 0 Å². The maximum absolute atomic E-state index is 10.8. The number of aliphatic hydroxyl groups excluding tert-OH is 1. The van der Waals surface area contributed by atoms with Gasteiger partial charge >= 0.3 is 5.69 Å². The third-order valence-corrected chi connectivity index (χ3v) is 3.04. The summed E-state index contributed by atoms with van der Waals surface area (Å²) < 4.78 is 10.4. The summed E-state index contributed by atoms with van der Waals surface area (Å²) in [7, 11) is 0. The van der Waals surface area contributed by atoms with Crippen molar-refractivity contribution in [1.82, 2.24) is 0 Å². The molecule has 2 rings (SSSR count). The van der Waals surface area contributed by atoms with Crippen LogP contribution in [0.1, 0.15) is 0 Å². The van der Waals surface area contributed by atoms with Crippen molar-refractivity contribution in [3.05, 3.63) is 33.3 Å². The Hall–Kier alpha value is -1.37. The summed E-state index contributed by atoms with van der Waals surface area (Å²) in [4.78, 5) is 10.3. The first-order valence-corrected chi connectivity index (χ1v) is 5.69. The minimum Gasteiger partial charge on any atom is -0.486 e. The molecule has 0 radical (unpaired) electrons. The number of aliphatic hydroxyl groups is 1. The number of nitrogens with zero attached hydrogens (tertiary/aromatic N) is 1. The molecule has 0 atom stereocenters. The smallest absolute Gasteiger partial charge is 0.311 e. The van der Waals surface area contributed by atoms with Crippen LogP contribution in [0, 0.1) is 15.5 Å². The summed E-state index contributed by atoms with van der Waals surface area (Å²) in [6, 6.07) is 4.12. The minimum absolute atomic E-state index is 0.0820. The highest BCUT2D eigenvalue weighted by Gasteiger charge is 2.39. The lowest BCUT2D eigenvalue weighted by Crippen LogP contribution is -2.49. The molecule has 0 saturated carbocycles. The van der Waals surface area contributed by atoms with E-state index in [1.165, 1.54) is 18.2 Å². The predicted molar refractivity (Wildman–Crippen MR) is 63.9 cm³/mol. The molecule has 1 aromatic carbocycles. The zero-order chi connectivity index (χ0) is 13.2. The fourth-order valence-electron chi connectivity index (χ4n) is 1.60. The van der Waals surface area contributed by atoms with Crippen molar-refractivity contribution in [2.45, 2.75) is 0 Å². The third kappa shape index (κ3) is 2.55. The highest BCUT2D eigenvalue weighted by Crippen LogP contribution is 2.33. The van der Waals surface area contributed by atoms with Gasteiger partial charge in [0.05, 0.1) is 30.2 Å². The number of halogens is 1. The fraction of sp³-hybridized carbons (Fsp3) is 0.455. The summed E-state index contributed by atoms with van der Waals surface area (Å²) in [5.74, 6) is 0.104. The molecule has 1 aromatic rings. The number of rotatable bonds is 5. The van der Waals surface area contributed by atoms with Gasteiger partial charge in [-0.3, -0.25) is 10.1 Å².